The number of hydrogen-bond acceptors (Lipinski definition) is 6. The number of para-hydroxylation sites is 1. The number of hydrogen-bond donors (Lipinski definition) is 2. The number of nitrogens with zero attached hydrogens (tertiary/aromatic N) is 2. The van der Waals surface area contributed by atoms with Crippen LogP contribution >= 0.6 is 0 Å². The number of anilines is 1. The number of carbonyl (C=O) groups is 3. The summed E-state index contributed by atoms with van der Waals surface area (Å²) in [6, 6.07) is 15.1. The highest BCUT2D eigenvalue weighted by Gasteiger charge is 2.17. The summed E-state index contributed by atoms with van der Waals surface area (Å²) in [7, 11) is 1.53. The topological polar surface area (TPSA) is 128 Å². The van der Waals surface area contributed by atoms with Crippen molar-refractivity contribution in [1.29, 1.82) is 0 Å². The van der Waals surface area contributed by atoms with E-state index in [1.807, 2.05) is 0 Å². The summed E-state index contributed by atoms with van der Waals surface area (Å²) in [5.41, 5.74) is 6.76. The van der Waals surface area contributed by atoms with E-state index >= 15 is 0 Å². The van der Waals surface area contributed by atoms with E-state index in [4.69, 9.17) is 15.0 Å². The van der Waals surface area contributed by atoms with Gasteiger partial charge in [0.1, 0.15) is 18.1 Å². The molecule has 0 unspecified atom stereocenters. The molecule has 0 fully saturated rings. The van der Waals surface area contributed by atoms with E-state index in [2.05, 4.69) is 10.5 Å². The molecule has 0 spiro atoms. The molecule has 3 rings (SSSR count). The molecule has 0 saturated heterocycles. The molecular weight excluding hydrogens is 400 g/mol. The molecule has 160 valence electrons. The molecular formula is C22H22N4O5. The Balaban J connectivity index is 1.61. The minimum atomic E-state index is -0.583. The number of benzene rings is 2. The van der Waals surface area contributed by atoms with Gasteiger partial charge in [-0.1, -0.05) is 29.4 Å². The molecule has 0 aliphatic carbocycles. The van der Waals surface area contributed by atoms with Gasteiger partial charge in [0.25, 0.3) is 11.8 Å². The molecule has 0 bridgehead atoms. The number of rotatable bonds is 8. The highest BCUT2D eigenvalue weighted by Crippen LogP contribution is 2.19. The zero-order valence-electron chi connectivity index (χ0n) is 17.1. The van der Waals surface area contributed by atoms with Crippen LogP contribution in [0.25, 0.3) is 0 Å². The summed E-state index contributed by atoms with van der Waals surface area (Å²) >= 11 is 0. The normalized spacial score (nSPS) is 10.4. The number of nitrogens with two attached hydrogens (primary N) is 1. The van der Waals surface area contributed by atoms with Crippen LogP contribution in [0.1, 0.15) is 32.0 Å². The average molecular weight is 422 g/mol. The van der Waals surface area contributed by atoms with Crippen LogP contribution in [-0.2, 0) is 11.4 Å². The molecule has 9 heteroatoms. The highest BCUT2D eigenvalue weighted by molar-refractivity contribution is 5.99. The van der Waals surface area contributed by atoms with E-state index < -0.39 is 11.8 Å². The first kappa shape index (κ1) is 21.6. The summed E-state index contributed by atoms with van der Waals surface area (Å²) in [6.45, 7) is 1.69. The van der Waals surface area contributed by atoms with Gasteiger partial charge in [-0.05, 0) is 36.8 Å². The zero-order chi connectivity index (χ0) is 22.4. The predicted octanol–water partition coefficient (Wildman–Crippen LogP) is 2.37. The molecule has 3 amide bonds. The lowest BCUT2D eigenvalue weighted by Crippen LogP contribution is -2.35. The molecule has 3 N–H and O–H groups in total. The van der Waals surface area contributed by atoms with Crippen molar-refractivity contribution >= 4 is 23.5 Å². The second-order valence-corrected chi connectivity index (χ2v) is 6.88. The Bertz CT molecular complexity index is 1110. The maximum Gasteiger partial charge on any atom is 0.254 e. The van der Waals surface area contributed by atoms with Crippen LogP contribution in [0.2, 0.25) is 0 Å². The second-order valence-electron chi connectivity index (χ2n) is 6.88. The van der Waals surface area contributed by atoms with Crippen molar-refractivity contribution < 1.29 is 23.6 Å². The smallest absolute Gasteiger partial charge is 0.254 e. The molecule has 9 nitrogen and oxygen atoms in total. The molecule has 1 heterocycles. The molecule has 3 aromatic rings. The predicted molar refractivity (Wildman–Crippen MR) is 113 cm³/mol. The van der Waals surface area contributed by atoms with Crippen LogP contribution in [-0.4, -0.2) is 41.4 Å². The van der Waals surface area contributed by atoms with E-state index in [-0.39, 0.29) is 24.6 Å². The fraction of sp³-hybridized carbons (Fsp3) is 0.182. The molecule has 0 aliphatic heterocycles. The second kappa shape index (κ2) is 9.57. The van der Waals surface area contributed by atoms with Gasteiger partial charge in [0.15, 0.2) is 5.82 Å². The Morgan fingerprint density at radius 3 is 2.61 bits per heavy atom. The third-order valence-corrected chi connectivity index (χ3v) is 4.34. The van der Waals surface area contributed by atoms with Gasteiger partial charge in [0.2, 0.25) is 5.91 Å². The van der Waals surface area contributed by atoms with Gasteiger partial charge < -0.3 is 25.2 Å². The van der Waals surface area contributed by atoms with Gasteiger partial charge >= 0.3 is 0 Å². The van der Waals surface area contributed by atoms with Crippen molar-refractivity contribution in [3.8, 4) is 5.75 Å². The monoisotopic (exact) mass is 422 g/mol. The molecule has 0 radical (unpaired) electrons. The maximum atomic E-state index is 12.7. The zero-order valence-corrected chi connectivity index (χ0v) is 17.1. The first-order valence-electron chi connectivity index (χ1n) is 9.42. The largest absolute Gasteiger partial charge is 0.488 e. The number of ether oxygens (including phenoxy) is 1. The molecule has 0 saturated carbocycles. The number of aromatic nitrogens is 1. The van der Waals surface area contributed by atoms with E-state index in [9.17, 15) is 14.4 Å². The molecule has 0 aliphatic rings. The Morgan fingerprint density at radius 1 is 1.13 bits per heavy atom. The lowest BCUT2D eigenvalue weighted by molar-refractivity contribution is -0.116. The van der Waals surface area contributed by atoms with Crippen LogP contribution in [0.3, 0.4) is 0 Å². The highest BCUT2D eigenvalue weighted by atomic mass is 16.5. The first-order chi connectivity index (χ1) is 14.8. The molecule has 0 atom stereocenters. The van der Waals surface area contributed by atoms with Crippen molar-refractivity contribution in [2.75, 3.05) is 18.9 Å². The van der Waals surface area contributed by atoms with Gasteiger partial charge in [0, 0.05) is 18.7 Å². The SMILES string of the molecule is Cc1cc(NC(=O)CN(C)C(=O)c2cccc(COc3ccccc3C(N)=O)c2)no1. The van der Waals surface area contributed by atoms with Gasteiger partial charge in [-0.25, -0.2) is 0 Å². The van der Waals surface area contributed by atoms with Crippen LogP contribution < -0.4 is 15.8 Å². The molecule has 2 aromatic carbocycles. The van der Waals surface area contributed by atoms with E-state index in [1.165, 1.54) is 11.9 Å². The fourth-order valence-electron chi connectivity index (χ4n) is 2.87. The number of aryl methyl sites for hydroxylation is 1. The van der Waals surface area contributed by atoms with E-state index in [0.717, 1.165) is 5.56 Å². The summed E-state index contributed by atoms with van der Waals surface area (Å²) in [5.74, 6) is -0.0858. The summed E-state index contributed by atoms with van der Waals surface area (Å²) in [4.78, 5) is 37.7. The quantitative estimate of drug-likeness (QED) is 0.574. The third-order valence-electron chi connectivity index (χ3n) is 4.34. The first-order valence-corrected chi connectivity index (χ1v) is 9.42. The minimum Gasteiger partial charge on any atom is -0.488 e. The van der Waals surface area contributed by atoms with Crippen molar-refractivity contribution in [3.05, 3.63) is 77.0 Å². The van der Waals surface area contributed by atoms with Crippen LogP contribution in [0.4, 0.5) is 5.82 Å². The van der Waals surface area contributed by atoms with Crippen molar-refractivity contribution in [2.24, 2.45) is 5.73 Å². The van der Waals surface area contributed by atoms with Gasteiger partial charge in [0.05, 0.1) is 12.1 Å². The summed E-state index contributed by atoms with van der Waals surface area (Å²) in [6.07, 6.45) is 0. The lowest BCUT2D eigenvalue weighted by Gasteiger charge is -2.17. The third kappa shape index (κ3) is 5.69. The Morgan fingerprint density at radius 2 is 1.90 bits per heavy atom. The Labute approximate surface area is 178 Å². The number of nitrogens with one attached hydrogen (secondary N) is 1. The van der Waals surface area contributed by atoms with Crippen molar-refractivity contribution in [3.63, 3.8) is 0 Å². The van der Waals surface area contributed by atoms with Crippen molar-refractivity contribution in [1.82, 2.24) is 10.1 Å². The van der Waals surface area contributed by atoms with Crippen molar-refractivity contribution in [2.45, 2.75) is 13.5 Å². The number of carbonyl (C=O) groups excluding carboxylic acids is 3. The van der Waals surface area contributed by atoms with E-state index in [1.54, 1.807) is 61.5 Å². The number of likely N-dealkylation sites (N-methyl/N-ethyl adjacent to an activating group) is 1. The fourth-order valence-corrected chi connectivity index (χ4v) is 2.87. The van der Waals surface area contributed by atoms with Gasteiger partial charge in [-0.2, -0.15) is 0 Å². The number of primary amides is 1. The van der Waals surface area contributed by atoms with Gasteiger partial charge in [-0.3, -0.25) is 14.4 Å². The summed E-state index contributed by atoms with van der Waals surface area (Å²) < 4.78 is 10.6. The number of amides is 3. The van der Waals surface area contributed by atoms with Crippen LogP contribution in [0.5, 0.6) is 5.75 Å². The molecule has 31 heavy (non-hydrogen) atoms. The average Bonchev–Trinajstić information content (AvgIpc) is 3.16. The Hall–Kier alpha value is -4.14. The molecule has 1 aromatic heterocycles. The standard InChI is InChI=1S/C22H22N4O5/c1-14-10-19(25-31-14)24-20(27)12-26(2)22(29)16-7-5-6-15(11-16)13-30-18-9-4-3-8-17(18)21(23)28/h3-11H,12-13H2,1-2H3,(H2,23,28)(H,24,25,27). The maximum absolute atomic E-state index is 12.7. The van der Waals surface area contributed by atoms with Crippen LogP contribution in [0.15, 0.2) is 59.1 Å². The lowest BCUT2D eigenvalue weighted by atomic mass is 10.1. The van der Waals surface area contributed by atoms with Gasteiger partial charge in [-0.15, -0.1) is 0 Å². The Kier molecular flexibility index (Phi) is 6.66. The minimum absolute atomic E-state index is 0.140. The van der Waals surface area contributed by atoms with Crippen LogP contribution in [0, 0.1) is 6.92 Å². The summed E-state index contributed by atoms with van der Waals surface area (Å²) in [5, 5.41) is 6.26. The van der Waals surface area contributed by atoms with E-state index in [0.29, 0.717) is 22.9 Å².